The van der Waals surface area contributed by atoms with E-state index in [1.165, 1.54) is 0 Å². The van der Waals surface area contributed by atoms with Crippen molar-refractivity contribution in [3.05, 3.63) is 22.2 Å². The van der Waals surface area contributed by atoms with Crippen molar-refractivity contribution < 1.29 is 4.74 Å². The van der Waals surface area contributed by atoms with E-state index in [2.05, 4.69) is 11.8 Å². The van der Waals surface area contributed by atoms with Crippen LogP contribution in [0.2, 0.25) is 10.0 Å². The molecule has 17 heavy (non-hydrogen) atoms. The van der Waals surface area contributed by atoms with Gasteiger partial charge in [0.15, 0.2) is 0 Å². The van der Waals surface area contributed by atoms with Gasteiger partial charge in [0.2, 0.25) is 0 Å². The first kappa shape index (κ1) is 14.4. The Kier molecular flexibility index (Phi) is 5.89. The second-order valence-corrected chi connectivity index (χ2v) is 4.42. The molecule has 0 saturated heterocycles. The largest absolute Gasteiger partial charge is 0.397 e. The van der Waals surface area contributed by atoms with E-state index in [4.69, 9.17) is 33.7 Å². The van der Waals surface area contributed by atoms with Gasteiger partial charge in [0.1, 0.15) is 0 Å². The third-order valence-corrected chi connectivity index (χ3v) is 3.22. The first-order valence-corrected chi connectivity index (χ1v) is 6.42. The van der Waals surface area contributed by atoms with Gasteiger partial charge in [0, 0.05) is 19.7 Å². The number of halogens is 2. The molecule has 0 aliphatic heterocycles. The maximum absolute atomic E-state index is 6.00. The molecule has 3 nitrogen and oxygen atoms in total. The molecule has 0 fully saturated rings. The third kappa shape index (κ3) is 3.95. The van der Waals surface area contributed by atoms with Crippen molar-refractivity contribution in [2.45, 2.75) is 13.8 Å². The minimum atomic E-state index is 0.480. The lowest BCUT2D eigenvalue weighted by molar-refractivity contribution is 0.154. The van der Waals surface area contributed by atoms with Crippen LogP contribution in [0.5, 0.6) is 0 Å². The highest BCUT2D eigenvalue weighted by molar-refractivity contribution is 6.42. The summed E-state index contributed by atoms with van der Waals surface area (Å²) in [5.41, 5.74) is 7.49. The average molecular weight is 277 g/mol. The summed E-state index contributed by atoms with van der Waals surface area (Å²) in [5, 5.41) is 1.000. The van der Waals surface area contributed by atoms with E-state index in [0.29, 0.717) is 28.9 Å². The molecule has 0 aromatic heterocycles. The minimum absolute atomic E-state index is 0.480. The lowest BCUT2D eigenvalue weighted by Gasteiger charge is -2.24. The van der Waals surface area contributed by atoms with Gasteiger partial charge in [0.25, 0.3) is 0 Å². The number of nitrogens with zero attached hydrogens (tertiary/aromatic N) is 1. The molecular formula is C12H18Cl2N2O. The van der Waals surface area contributed by atoms with E-state index < -0.39 is 0 Å². The Morgan fingerprint density at radius 2 is 1.88 bits per heavy atom. The smallest absolute Gasteiger partial charge is 0.0641 e. The van der Waals surface area contributed by atoms with Gasteiger partial charge in [0.05, 0.1) is 28.0 Å². The Morgan fingerprint density at radius 3 is 2.47 bits per heavy atom. The molecule has 2 N–H and O–H groups in total. The number of anilines is 2. The summed E-state index contributed by atoms with van der Waals surface area (Å²) in [5.74, 6) is 0. The number of nitrogens with two attached hydrogens (primary N) is 1. The zero-order valence-electron chi connectivity index (χ0n) is 10.2. The van der Waals surface area contributed by atoms with Crippen LogP contribution in [0.1, 0.15) is 13.8 Å². The van der Waals surface area contributed by atoms with Gasteiger partial charge >= 0.3 is 0 Å². The monoisotopic (exact) mass is 276 g/mol. The Bertz CT molecular complexity index is 372. The number of likely N-dealkylation sites (N-methyl/N-ethyl adjacent to an activating group) is 1. The normalized spacial score (nSPS) is 10.6. The second-order valence-electron chi connectivity index (χ2n) is 3.60. The fourth-order valence-electron chi connectivity index (χ4n) is 1.59. The topological polar surface area (TPSA) is 38.5 Å². The van der Waals surface area contributed by atoms with E-state index in [9.17, 15) is 0 Å². The highest BCUT2D eigenvalue weighted by atomic mass is 35.5. The molecule has 0 unspecified atom stereocenters. The Balaban J connectivity index is 2.84. The maximum Gasteiger partial charge on any atom is 0.0641 e. The average Bonchev–Trinajstić information content (AvgIpc) is 2.30. The molecule has 5 heteroatoms. The van der Waals surface area contributed by atoms with E-state index >= 15 is 0 Å². The highest BCUT2D eigenvalue weighted by Crippen LogP contribution is 2.32. The van der Waals surface area contributed by atoms with E-state index in [1.54, 1.807) is 12.1 Å². The minimum Gasteiger partial charge on any atom is -0.397 e. The zero-order valence-corrected chi connectivity index (χ0v) is 11.7. The Morgan fingerprint density at radius 1 is 1.24 bits per heavy atom. The number of hydrogen-bond acceptors (Lipinski definition) is 3. The van der Waals surface area contributed by atoms with Gasteiger partial charge in [-0.05, 0) is 26.0 Å². The van der Waals surface area contributed by atoms with Gasteiger partial charge < -0.3 is 15.4 Å². The molecule has 0 aliphatic rings. The van der Waals surface area contributed by atoms with Gasteiger partial charge in [-0.25, -0.2) is 0 Å². The molecule has 0 saturated carbocycles. The molecule has 0 atom stereocenters. The number of benzene rings is 1. The zero-order chi connectivity index (χ0) is 12.8. The SMILES string of the molecule is CCOCCN(CC)c1cc(Cl)c(Cl)cc1N. The van der Waals surface area contributed by atoms with E-state index in [1.807, 2.05) is 6.92 Å². The van der Waals surface area contributed by atoms with Crippen LogP contribution < -0.4 is 10.6 Å². The first-order chi connectivity index (χ1) is 8.10. The molecular weight excluding hydrogens is 259 g/mol. The molecule has 0 aliphatic carbocycles. The summed E-state index contributed by atoms with van der Waals surface area (Å²) in [6.07, 6.45) is 0. The summed E-state index contributed by atoms with van der Waals surface area (Å²) in [4.78, 5) is 2.12. The molecule has 0 spiro atoms. The predicted molar refractivity (Wildman–Crippen MR) is 75.3 cm³/mol. The molecule has 96 valence electrons. The molecule has 0 amide bonds. The lowest BCUT2D eigenvalue weighted by atomic mass is 10.2. The van der Waals surface area contributed by atoms with Crippen molar-refractivity contribution in [3.8, 4) is 0 Å². The second kappa shape index (κ2) is 6.94. The van der Waals surface area contributed by atoms with Crippen molar-refractivity contribution in [2.75, 3.05) is 36.9 Å². The van der Waals surface area contributed by atoms with Crippen LogP contribution in [-0.4, -0.2) is 26.3 Å². The van der Waals surface area contributed by atoms with Crippen LogP contribution in [0.3, 0.4) is 0 Å². The van der Waals surface area contributed by atoms with Gasteiger partial charge in [-0.3, -0.25) is 0 Å². The predicted octanol–water partition coefficient (Wildman–Crippen LogP) is 3.44. The lowest BCUT2D eigenvalue weighted by Crippen LogP contribution is -2.27. The fraction of sp³-hybridized carbons (Fsp3) is 0.500. The van der Waals surface area contributed by atoms with Crippen molar-refractivity contribution >= 4 is 34.6 Å². The van der Waals surface area contributed by atoms with Crippen LogP contribution in [0.15, 0.2) is 12.1 Å². The van der Waals surface area contributed by atoms with Gasteiger partial charge in [-0.1, -0.05) is 23.2 Å². The van der Waals surface area contributed by atoms with E-state index in [0.717, 1.165) is 18.8 Å². The van der Waals surface area contributed by atoms with Crippen LogP contribution in [0.4, 0.5) is 11.4 Å². The van der Waals surface area contributed by atoms with Crippen molar-refractivity contribution in [2.24, 2.45) is 0 Å². The van der Waals surface area contributed by atoms with Crippen LogP contribution in [0, 0.1) is 0 Å². The molecule has 0 heterocycles. The number of rotatable bonds is 6. The molecule has 1 aromatic carbocycles. The van der Waals surface area contributed by atoms with Crippen LogP contribution in [-0.2, 0) is 4.74 Å². The number of hydrogen-bond donors (Lipinski definition) is 1. The van der Waals surface area contributed by atoms with Crippen molar-refractivity contribution in [1.82, 2.24) is 0 Å². The number of nitrogen functional groups attached to an aromatic ring is 1. The highest BCUT2D eigenvalue weighted by Gasteiger charge is 2.11. The van der Waals surface area contributed by atoms with Crippen LogP contribution in [0.25, 0.3) is 0 Å². The summed E-state index contributed by atoms with van der Waals surface area (Å²) in [7, 11) is 0. The Hall–Kier alpha value is -0.640. The van der Waals surface area contributed by atoms with Crippen molar-refractivity contribution in [1.29, 1.82) is 0 Å². The van der Waals surface area contributed by atoms with Crippen molar-refractivity contribution in [3.63, 3.8) is 0 Å². The van der Waals surface area contributed by atoms with Gasteiger partial charge in [-0.15, -0.1) is 0 Å². The quantitative estimate of drug-likeness (QED) is 0.639. The molecule has 1 rings (SSSR count). The summed E-state index contributed by atoms with van der Waals surface area (Å²) >= 11 is 11.9. The summed E-state index contributed by atoms with van der Waals surface area (Å²) in [6, 6.07) is 3.48. The fourth-order valence-corrected chi connectivity index (χ4v) is 1.92. The third-order valence-electron chi connectivity index (χ3n) is 2.50. The molecule has 0 radical (unpaired) electrons. The Labute approximate surface area is 112 Å². The summed E-state index contributed by atoms with van der Waals surface area (Å²) in [6.45, 7) is 7.05. The standard InChI is InChI=1S/C12H18Cl2N2O/c1-3-16(5-6-17-4-2)12-8-10(14)9(13)7-11(12)15/h7-8H,3-6,15H2,1-2H3. The van der Waals surface area contributed by atoms with E-state index in [-0.39, 0.29) is 0 Å². The molecule has 0 bridgehead atoms. The first-order valence-electron chi connectivity index (χ1n) is 5.67. The van der Waals surface area contributed by atoms with Crippen LogP contribution >= 0.6 is 23.2 Å². The molecule has 1 aromatic rings. The maximum atomic E-state index is 6.00. The number of ether oxygens (including phenoxy) is 1. The van der Waals surface area contributed by atoms with Gasteiger partial charge in [-0.2, -0.15) is 0 Å². The summed E-state index contributed by atoms with van der Waals surface area (Å²) < 4.78 is 5.34.